The maximum absolute atomic E-state index is 14.9. The first-order valence-corrected chi connectivity index (χ1v) is 21.5. The van der Waals surface area contributed by atoms with Gasteiger partial charge in [-0.3, -0.25) is 9.69 Å². The molecule has 1 N–H and O–H groups in total. The highest BCUT2D eigenvalue weighted by Crippen LogP contribution is 2.32. The molecule has 2 aliphatic rings. The number of alkyl carbamates (subject to hydrolysis) is 1. The molecule has 1 atom stereocenters. The van der Waals surface area contributed by atoms with E-state index in [0.29, 0.717) is 99.0 Å². The van der Waals surface area contributed by atoms with E-state index in [1.807, 2.05) is 94.4 Å². The van der Waals surface area contributed by atoms with Crippen molar-refractivity contribution >= 4 is 29.6 Å². The first-order chi connectivity index (χ1) is 28.8. The van der Waals surface area contributed by atoms with Gasteiger partial charge in [-0.1, -0.05) is 84.4 Å². The van der Waals surface area contributed by atoms with Crippen molar-refractivity contribution in [2.75, 3.05) is 59.0 Å². The molecule has 0 radical (unpaired) electrons. The summed E-state index contributed by atoms with van der Waals surface area (Å²) in [7, 11) is 0. The molecule has 0 aromatic heterocycles. The van der Waals surface area contributed by atoms with E-state index in [1.165, 1.54) is 6.07 Å². The molecule has 2 amide bonds. The molecule has 6 rings (SSSR count). The van der Waals surface area contributed by atoms with E-state index in [1.54, 1.807) is 17.0 Å². The third-order valence-corrected chi connectivity index (χ3v) is 11.7. The van der Waals surface area contributed by atoms with Gasteiger partial charge in [-0.25, -0.2) is 14.0 Å². The summed E-state index contributed by atoms with van der Waals surface area (Å²) in [5, 5.41) is 3.63. The molecule has 4 aromatic rings. The normalized spacial score (nSPS) is 19.0. The van der Waals surface area contributed by atoms with Crippen LogP contribution >= 0.6 is 11.6 Å². The number of hydrogen-bond donors (Lipinski definition) is 1. The second-order valence-corrected chi connectivity index (χ2v) is 17.4. The molecule has 60 heavy (non-hydrogen) atoms. The second kappa shape index (κ2) is 20.5. The standard InChI is InChI=1S/C48H58ClFN4O6/c1-5-58-43-18-12-17-42(50)41(43)32-52-24-26-53(27-25-52)46(56)45(51-47(57)59-34-35-13-8-6-9-14-35)37-21-28-54(29-22-37,33-44(55)60-48(2,3)4)30-23-38-31-39(49)19-20-40(38)36-15-10-7-11-16-36/h6-20,31,37,45H,5,21-30,32-34H2,1-4H3/p+1. The highest BCUT2D eigenvalue weighted by molar-refractivity contribution is 6.30. The molecule has 0 saturated carbocycles. The zero-order valence-corrected chi connectivity index (χ0v) is 36.1. The van der Waals surface area contributed by atoms with Gasteiger partial charge in [-0.15, -0.1) is 0 Å². The Balaban J connectivity index is 1.19. The van der Waals surface area contributed by atoms with Crippen LogP contribution in [-0.4, -0.2) is 103 Å². The SMILES string of the molecule is CCOc1cccc(F)c1CN1CCN(C(=O)C(NC(=O)OCc2ccccc2)C2CC[N+](CCc3cc(Cl)ccc3-c3ccccc3)(CC(=O)OC(C)(C)C)CC2)CC1. The third-order valence-electron chi connectivity index (χ3n) is 11.5. The van der Waals surface area contributed by atoms with Crippen molar-refractivity contribution in [2.45, 2.75) is 71.8 Å². The minimum Gasteiger partial charge on any atom is -0.493 e. The number of carbonyl (C=O) groups excluding carboxylic acids is 3. The summed E-state index contributed by atoms with van der Waals surface area (Å²) in [5.74, 6) is -0.441. The minimum absolute atomic E-state index is 0.0705. The molecular formula is C48H59ClFN4O6+. The van der Waals surface area contributed by atoms with E-state index in [9.17, 15) is 18.8 Å². The van der Waals surface area contributed by atoms with Crippen molar-refractivity contribution in [3.63, 3.8) is 0 Å². The predicted molar refractivity (Wildman–Crippen MR) is 232 cm³/mol. The average molecular weight is 842 g/mol. The second-order valence-electron chi connectivity index (χ2n) is 16.9. The van der Waals surface area contributed by atoms with Gasteiger partial charge in [0, 0.05) is 62.6 Å². The number of nitrogens with zero attached hydrogens (tertiary/aromatic N) is 3. The van der Waals surface area contributed by atoms with Gasteiger partial charge in [0.1, 0.15) is 29.8 Å². The van der Waals surface area contributed by atoms with Crippen molar-refractivity contribution in [3.05, 3.63) is 125 Å². The number of hydrogen-bond acceptors (Lipinski definition) is 7. The number of halogens is 2. The first kappa shape index (κ1) is 44.6. The molecule has 12 heteroatoms. The number of piperidine rings is 1. The van der Waals surface area contributed by atoms with E-state index in [-0.39, 0.29) is 36.8 Å². The van der Waals surface area contributed by atoms with Crippen LogP contribution in [0.1, 0.15) is 57.2 Å². The number of carbonyl (C=O) groups is 3. The fourth-order valence-corrected chi connectivity index (χ4v) is 8.60. The monoisotopic (exact) mass is 841 g/mol. The molecule has 1 unspecified atom stereocenters. The summed E-state index contributed by atoms with van der Waals surface area (Å²) in [6.07, 6.45) is 1.20. The van der Waals surface area contributed by atoms with Gasteiger partial charge in [-0.2, -0.15) is 0 Å². The van der Waals surface area contributed by atoms with Crippen LogP contribution in [0.25, 0.3) is 11.1 Å². The number of quaternary nitrogens is 1. The number of esters is 1. The fourth-order valence-electron chi connectivity index (χ4n) is 8.41. The summed E-state index contributed by atoms with van der Waals surface area (Å²) in [4.78, 5) is 45.4. The fraction of sp³-hybridized carbons (Fsp3) is 0.438. The quantitative estimate of drug-likeness (QED) is 0.0951. The van der Waals surface area contributed by atoms with Gasteiger partial charge < -0.3 is 28.9 Å². The van der Waals surface area contributed by atoms with E-state index in [4.69, 9.17) is 25.8 Å². The molecule has 4 aromatic carbocycles. The lowest BCUT2D eigenvalue weighted by atomic mass is 9.86. The Hall–Kier alpha value is -4.97. The van der Waals surface area contributed by atoms with Crippen molar-refractivity contribution in [1.29, 1.82) is 0 Å². The lowest BCUT2D eigenvalue weighted by Crippen LogP contribution is -2.62. The van der Waals surface area contributed by atoms with Gasteiger partial charge >= 0.3 is 12.1 Å². The van der Waals surface area contributed by atoms with Gasteiger partial charge in [0.05, 0.1) is 26.2 Å². The van der Waals surface area contributed by atoms with Crippen LogP contribution in [0.3, 0.4) is 0 Å². The molecule has 0 spiro atoms. The largest absolute Gasteiger partial charge is 0.493 e. The van der Waals surface area contributed by atoms with Crippen LogP contribution in [0.4, 0.5) is 9.18 Å². The van der Waals surface area contributed by atoms with Crippen LogP contribution in [0.5, 0.6) is 5.75 Å². The molecule has 0 bridgehead atoms. The molecule has 0 aliphatic carbocycles. The Morgan fingerprint density at radius 2 is 1.58 bits per heavy atom. The molecule has 2 saturated heterocycles. The number of rotatable bonds is 15. The Morgan fingerprint density at radius 3 is 2.25 bits per heavy atom. The molecule has 2 fully saturated rings. The smallest absolute Gasteiger partial charge is 0.408 e. The molecule has 10 nitrogen and oxygen atoms in total. The summed E-state index contributed by atoms with van der Waals surface area (Å²) < 4.78 is 32.6. The van der Waals surface area contributed by atoms with Gasteiger partial charge in [-0.05, 0) is 80.1 Å². The summed E-state index contributed by atoms with van der Waals surface area (Å²) in [5.41, 5.74) is 3.98. The van der Waals surface area contributed by atoms with Crippen LogP contribution in [0.2, 0.25) is 5.02 Å². The van der Waals surface area contributed by atoms with Crippen molar-refractivity contribution in [3.8, 4) is 16.9 Å². The van der Waals surface area contributed by atoms with Crippen LogP contribution < -0.4 is 10.1 Å². The van der Waals surface area contributed by atoms with Gasteiger partial charge in [0.15, 0.2) is 6.54 Å². The zero-order chi connectivity index (χ0) is 42.7. The van der Waals surface area contributed by atoms with Gasteiger partial charge in [0.25, 0.3) is 0 Å². The Morgan fingerprint density at radius 1 is 0.900 bits per heavy atom. The molecule has 2 heterocycles. The molecular weight excluding hydrogens is 783 g/mol. The lowest BCUT2D eigenvalue weighted by Gasteiger charge is -2.45. The number of piperazine rings is 1. The van der Waals surface area contributed by atoms with E-state index < -0.39 is 17.7 Å². The van der Waals surface area contributed by atoms with Gasteiger partial charge in [0.2, 0.25) is 5.91 Å². The van der Waals surface area contributed by atoms with E-state index in [0.717, 1.165) is 22.3 Å². The Bertz CT molecular complexity index is 2050. The van der Waals surface area contributed by atoms with Crippen LogP contribution in [0, 0.1) is 11.7 Å². The average Bonchev–Trinajstić information content (AvgIpc) is 3.23. The molecule has 2 aliphatic heterocycles. The molecule has 320 valence electrons. The predicted octanol–water partition coefficient (Wildman–Crippen LogP) is 8.30. The van der Waals surface area contributed by atoms with E-state index in [2.05, 4.69) is 22.3 Å². The van der Waals surface area contributed by atoms with Crippen molar-refractivity contribution < 1.29 is 37.5 Å². The summed E-state index contributed by atoms with van der Waals surface area (Å²) >= 11 is 6.55. The lowest BCUT2D eigenvalue weighted by molar-refractivity contribution is -0.926. The number of ether oxygens (including phenoxy) is 3. The third kappa shape index (κ3) is 12.3. The summed E-state index contributed by atoms with van der Waals surface area (Å²) in [6, 6.07) is 29.6. The van der Waals surface area contributed by atoms with Crippen LogP contribution in [-0.2, 0) is 38.6 Å². The summed E-state index contributed by atoms with van der Waals surface area (Å²) in [6.45, 7) is 12.3. The topological polar surface area (TPSA) is 97.4 Å². The van der Waals surface area contributed by atoms with Crippen molar-refractivity contribution in [2.24, 2.45) is 5.92 Å². The number of benzene rings is 4. The number of amides is 2. The number of nitrogens with one attached hydrogen (secondary N) is 1. The maximum atomic E-state index is 14.9. The minimum atomic E-state index is -0.836. The number of likely N-dealkylation sites (tertiary alicyclic amines) is 1. The van der Waals surface area contributed by atoms with Crippen LogP contribution in [0.15, 0.2) is 97.1 Å². The van der Waals surface area contributed by atoms with E-state index >= 15 is 0 Å². The first-order valence-electron chi connectivity index (χ1n) is 21.1. The Kier molecular flexibility index (Phi) is 15.3. The maximum Gasteiger partial charge on any atom is 0.408 e. The zero-order valence-electron chi connectivity index (χ0n) is 35.3. The highest BCUT2D eigenvalue weighted by atomic mass is 35.5. The van der Waals surface area contributed by atoms with Crippen molar-refractivity contribution in [1.82, 2.24) is 15.1 Å². The Labute approximate surface area is 359 Å². The highest BCUT2D eigenvalue weighted by Gasteiger charge is 2.43.